The number of furan rings is 1. The molecule has 8 heteroatoms. The van der Waals surface area contributed by atoms with Crippen molar-refractivity contribution in [3.8, 4) is 0 Å². The fraction of sp³-hybridized carbons (Fsp3) is 0.125. The Bertz CT molecular complexity index is 736. The van der Waals surface area contributed by atoms with E-state index in [2.05, 4.69) is 15.8 Å². The van der Waals surface area contributed by atoms with E-state index in [0.29, 0.717) is 17.0 Å². The first-order valence-corrected chi connectivity index (χ1v) is 7.05. The summed E-state index contributed by atoms with van der Waals surface area (Å²) in [5.74, 6) is -1.85. The molecule has 1 aromatic carbocycles. The van der Waals surface area contributed by atoms with Crippen LogP contribution < -0.4 is 10.7 Å². The van der Waals surface area contributed by atoms with Gasteiger partial charge in [-0.3, -0.25) is 9.59 Å². The number of benzene rings is 1. The van der Waals surface area contributed by atoms with Crippen LogP contribution >= 0.6 is 0 Å². The molecule has 2 amide bonds. The van der Waals surface area contributed by atoms with Gasteiger partial charge in [0.1, 0.15) is 5.76 Å². The van der Waals surface area contributed by atoms with Crippen molar-refractivity contribution in [2.75, 3.05) is 11.9 Å². The summed E-state index contributed by atoms with van der Waals surface area (Å²) in [7, 11) is 0. The van der Waals surface area contributed by atoms with E-state index < -0.39 is 17.8 Å². The molecule has 0 radical (unpaired) electrons. The number of hydrogen-bond donors (Lipinski definition) is 2. The van der Waals surface area contributed by atoms with Crippen LogP contribution in [-0.2, 0) is 14.3 Å². The third-order valence-corrected chi connectivity index (χ3v) is 2.76. The van der Waals surface area contributed by atoms with Crippen molar-refractivity contribution < 1.29 is 23.5 Å². The maximum absolute atomic E-state index is 11.7. The molecule has 0 saturated carbocycles. The molecule has 0 bridgehead atoms. The number of hydrazone groups is 1. The van der Waals surface area contributed by atoms with Crippen LogP contribution in [-0.4, -0.2) is 30.6 Å². The molecular weight excluding hydrogens is 314 g/mol. The number of amides is 2. The van der Waals surface area contributed by atoms with E-state index in [1.54, 1.807) is 19.1 Å². The van der Waals surface area contributed by atoms with Crippen LogP contribution in [0.5, 0.6) is 0 Å². The summed E-state index contributed by atoms with van der Waals surface area (Å²) in [6.07, 6.45) is 2.72. The van der Waals surface area contributed by atoms with Crippen LogP contribution in [0.4, 0.5) is 5.69 Å². The fourth-order valence-corrected chi connectivity index (χ4v) is 1.66. The Morgan fingerprint density at radius 3 is 2.54 bits per heavy atom. The Kier molecular flexibility index (Phi) is 5.84. The topological polar surface area (TPSA) is 110 Å². The van der Waals surface area contributed by atoms with Crippen LogP contribution in [0, 0.1) is 0 Å². The molecule has 24 heavy (non-hydrogen) atoms. The van der Waals surface area contributed by atoms with Crippen LogP contribution in [0.2, 0.25) is 0 Å². The predicted octanol–water partition coefficient (Wildman–Crippen LogP) is 1.55. The molecular formula is C16H15N3O5. The lowest BCUT2D eigenvalue weighted by Gasteiger charge is -2.05. The molecule has 0 aliphatic rings. The molecule has 0 spiro atoms. The van der Waals surface area contributed by atoms with Gasteiger partial charge in [-0.25, -0.2) is 10.2 Å². The molecule has 2 rings (SSSR count). The van der Waals surface area contributed by atoms with Crippen molar-refractivity contribution in [1.29, 1.82) is 0 Å². The van der Waals surface area contributed by atoms with Gasteiger partial charge in [-0.05, 0) is 43.3 Å². The van der Waals surface area contributed by atoms with E-state index >= 15 is 0 Å². The molecule has 8 nitrogen and oxygen atoms in total. The molecule has 0 aliphatic heterocycles. The Morgan fingerprint density at radius 1 is 1.17 bits per heavy atom. The number of anilines is 1. The smallest absolute Gasteiger partial charge is 0.338 e. The Hall–Kier alpha value is -3.42. The minimum atomic E-state index is -0.938. The molecule has 1 heterocycles. The van der Waals surface area contributed by atoms with Gasteiger partial charge in [0.2, 0.25) is 0 Å². The third-order valence-electron chi connectivity index (χ3n) is 2.76. The lowest BCUT2D eigenvalue weighted by molar-refractivity contribution is -0.136. The van der Waals surface area contributed by atoms with Crippen LogP contribution in [0.1, 0.15) is 23.0 Å². The second kappa shape index (κ2) is 8.28. The Morgan fingerprint density at radius 2 is 1.92 bits per heavy atom. The van der Waals surface area contributed by atoms with Crippen molar-refractivity contribution >= 4 is 29.7 Å². The normalized spacial score (nSPS) is 10.4. The Balaban J connectivity index is 1.87. The number of hydrogen-bond acceptors (Lipinski definition) is 6. The van der Waals surface area contributed by atoms with Gasteiger partial charge >= 0.3 is 17.8 Å². The van der Waals surface area contributed by atoms with Crippen molar-refractivity contribution in [2.45, 2.75) is 6.92 Å². The van der Waals surface area contributed by atoms with Crippen molar-refractivity contribution in [1.82, 2.24) is 5.43 Å². The van der Waals surface area contributed by atoms with Gasteiger partial charge in [0.25, 0.3) is 0 Å². The molecule has 0 unspecified atom stereocenters. The number of esters is 1. The number of rotatable bonds is 5. The molecule has 0 aliphatic carbocycles. The predicted molar refractivity (Wildman–Crippen MR) is 85.5 cm³/mol. The number of carbonyl (C=O) groups excluding carboxylic acids is 3. The zero-order valence-corrected chi connectivity index (χ0v) is 12.8. The zero-order chi connectivity index (χ0) is 17.4. The highest BCUT2D eigenvalue weighted by atomic mass is 16.5. The standard InChI is InChI=1S/C16H15N3O5/c1-2-23-16(22)11-5-7-12(8-6-11)18-14(20)15(21)19-17-10-13-4-3-9-24-13/h3-10H,2H2,1H3,(H,18,20)(H,19,21)/b17-10-. The van der Waals surface area contributed by atoms with E-state index in [1.807, 2.05) is 0 Å². The average molecular weight is 329 g/mol. The second-order valence-corrected chi connectivity index (χ2v) is 4.47. The van der Waals surface area contributed by atoms with E-state index in [9.17, 15) is 14.4 Å². The van der Waals surface area contributed by atoms with Gasteiger partial charge in [0, 0.05) is 5.69 Å². The van der Waals surface area contributed by atoms with E-state index in [-0.39, 0.29) is 6.61 Å². The number of carbonyl (C=O) groups is 3. The summed E-state index contributed by atoms with van der Waals surface area (Å²) in [6.45, 7) is 1.98. The summed E-state index contributed by atoms with van der Waals surface area (Å²) in [4.78, 5) is 34.8. The largest absolute Gasteiger partial charge is 0.463 e. The summed E-state index contributed by atoms with van der Waals surface area (Å²) in [6, 6.07) is 9.25. The highest BCUT2D eigenvalue weighted by Gasteiger charge is 2.13. The first kappa shape index (κ1) is 16.9. The number of nitrogens with zero attached hydrogens (tertiary/aromatic N) is 1. The van der Waals surface area contributed by atoms with Crippen molar-refractivity contribution in [3.05, 3.63) is 54.0 Å². The molecule has 0 atom stereocenters. The van der Waals surface area contributed by atoms with Crippen LogP contribution in [0.3, 0.4) is 0 Å². The average Bonchev–Trinajstić information content (AvgIpc) is 3.09. The zero-order valence-electron chi connectivity index (χ0n) is 12.8. The summed E-state index contributed by atoms with van der Waals surface area (Å²) >= 11 is 0. The van der Waals surface area contributed by atoms with E-state index in [4.69, 9.17) is 9.15 Å². The van der Waals surface area contributed by atoms with Gasteiger partial charge in [0.05, 0.1) is 24.6 Å². The monoisotopic (exact) mass is 329 g/mol. The molecule has 124 valence electrons. The third kappa shape index (κ3) is 4.80. The lowest BCUT2D eigenvalue weighted by atomic mass is 10.2. The maximum atomic E-state index is 11.7. The first-order valence-electron chi connectivity index (χ1n) is 7.05. The van der Waals surface area contributed by atoms with Crippen LogP contribution in [0.15, 0.2) is 52.2 Å². The van der Waals surface area contributed by atoms with Gasteiger partial charge in [0.15, 0.2) is 0 Å². The lowest BCUT2D eigenvalue weighted by Crippen LogP contribution is -2.32. The maximum Gasteiger partial charge on any atom is 0.338 e. The van der Waals surface area contributed by atoms with Gasteiger partial charge < -0.3 is 14.5 Å². The quantitative estimate of drug-likeness (QED) is 0.374. The highest BCUT2D eigenvalue weighted by Crippen LogP contribution is 2.10. The number of nitrogens with one attached hydrogen (secondary N) is 2. The molecule has 1 aromatic heterocycles. The van der Waals surface area contributed by atoms with Gasteiger partial charge in [-0.2, -0.15) is 5.10 Å². The summed E-state index contributed by atoms with van der Waals surface area (Å²) < 4.78 is 9.83. The molecule has 0 saturated heterocycles. The van der Waals surface area contributed by atoms with Crippen molar-refractivity contribution in [3.63, 3.8) is 0 Å². The highest BCUT2D eigenvalue weighted by molar-refractivity contribution is 6.39. The minimum absolute atomic E-state index is 0.274. The minimum Gasteiger partial charge on any atom is -0.463 e. The fourth-order valence-electron chi connectivity index (χ4n) is 1.66. The van der Waals surface area contributed by atoms with E-state index in [0.717, 1.165) is 0 Å². The SMILES string of the molecule is CCOC(=O)c1ccc(NC(=O)C(=O)N/N=C\c2ccco2)cc1. The molecule has 0 fully saturated rings. The molecule has 2 aromatic rings. The summed E-state index contributed by atoms with van der Waals surface area (Å²) in [5.41, 5.74) is 2.78. The van der Waals surface area contributed by atoms with E-state index in [1.165, 1.54) is 36.7 Å². The van der Waals surface area contributed by atoms with Crippen molar-refractivity contribution in [2.24, 2.45) is 5.10 Å². The first-order chi connectivity index (χ1) is 11.6. The van der Waals surface area contributed by atoms with Crippen LogP contribution in [0.25, 0.3) is 0 Å². The van der Waals surface area contributed by atoms with Gasteiger partial charge in [-0.15, -0.1) is 0 Å². The Labute approximate surface area is 137 Å². The second-order valence-electron chi connectivity index (χ2n) is 4.47. The summed E-state index contributed by atoms with van der Waals surface area (Å²) in [5, 5.41) is 5.98. The van der Waals surface area contributed by atoms with Gasteiger partial charge in [-0.1, -0.05) is 0 Å². The number of ether oxygens (including phenoxy) is 1. The molecule has 2 N–H and O–H groups in total.